The lowest BCUT2D eigenvalue weighted by Gasteiger charge is -2.08. The van der Waals surface area contributed by atoms with Crippen LogP contribution >= 0.6 is 24.0 Å². The summed E-state index contributed by atoms with van der Waals surface area (Å²) in [5, 5.41) is 8.95. The molecule has 6 heteroatoms. The van der Waals surface area contributed by atoms with Gasteiger partial charge in [0, 0.05) is 6.08 Å². The van der Waals surface area contributed by atoms with E-state index < -0.39 is 0 Å². The number of carbonyl (C=O) groups is 1. The molecule has 4 nitrogen and oxygen atoms in total. The number of nitrogens with zero attached hydrogens (tertiary/aromatic N) is 1. The lowest BCUT2D eigenvalue weighted by Crippen LogP contribution is -2.28. The largest absolute Gasteiger partial charge is 0.462 e. The highest BCUT2D eigenvalue weighted by Gasteiger charge is 2.31. The Morgan fingerprint density at radius 3 is 2.88 bits per heavy atom. The van der Waals surface area contributed by atoms with Gasteiger partial charge in [-0.3, -0.25) is 9.69 Å². The van der Waals surface area contributed by atoms with Crippen molar-refractivity contribution in [1.29, 1.82) is 0 Å². The summed E-state index contributed by atoms with van der Waals surface area (Å²) < 4.78 is 5.69. The van der Waals surface area contributed by atoms with Gasteiger partial charge in [-0.05, 0) is 19.1 Å². The number of aliphatic hydroxyl groups is 1. The summed E-state index contributed by atoms with van der Waals surface area (Å²) in [5.74, 6) is 1.10. The van der Waals surface area contributed by atoms with Crippen molar-refractivity contribution in [3.8, 4) is 0 Å². The molecule has 1 fully saturated rings. The first kappa shape index (κ1) is 11.4. The molecule has 0 bridgehead atoms. The minimum Gasteiger partial charge on any atom is -0.462 e. The second-order valence-corrected chi connectivity index (χ2v) is 4.88. The summed E-state index contributed by atoms with van der Waals surface area (Å²) in [6, 6.07) is 3.60. The molecule has 1 N–H and O–H groups in total. The van der Waals surface area contributed by atoms with Crippen LogP contribution in [-0.4, -0.2) is 27.0 Å². The van der Waals surface area contributed by atoms with Crippen LogP contribution in [0.3, 0.4) is 0 Å². The molecular weight excluding hydrogens is 246 g/mol. The van der Waals surface area contributed by atoms with Crippen LogP contribution in [0, 0.1) is 6.92 Å². The van der Waals surface area contributed by atoms with Gasteiger partial charge in [0.15, 0.2) is 0 Å². The summed E-state index contributed by atoms with van der Waals surface area (Å²) in [6.45, 7) is 1.44. The molecule has 0 unspecified atom stereocenters. The van der Waals surface area contributed by atoms with Gasteiger partial charge < -0.3 is 9.52 Å². The molecule has 1 saturated heterocycles. The van der Waals surface area contributed by atoms with Crippen molar-refractivity contribution in [2.24, 2.45) is 0 Å². The Kier molecular flexibility index (Phi) is 3.13. The highest BCUT2D eigenvalue weighted by Crippen LogP contribution is 2.32. The first-order valence-corrected chi connectivity index (χ1v) is 5.77. The fourth-order valence-electron chi connectivity index (χ4n) is 1.28. The first-order valence-electron chi connectivity index (χ1n) is 4.54. The normalized spacial score (nSPS) is 18.9. The lowest BCUT2D eigenvalue weighted by molar-refractivity contribution is -0.124. The standard InChI is InChI=1S/C10H9NO3S2/c1-6-2-3-7(14-6)4-8-9(13)11(5-12)10(15)16-8/h2-4,12H,5H2,1H3/b8-4-. The van der Waals surface area contributed by atoms with Gasteiger partial charge in [0.2, 0.25) is 0 Å². The molecule has 2 heterocycles. The van der Waals surface area contributed by atoms with Crippen molar-refractivity contribution in [2.45, 2.75) is 6.92 Å². The van der Waals surface area contributed by atoms with Crippen LogP contribution in [0.1, 0.15) is 11.5 Å². The molecule has 84 valence electrons. The maximum atomic E-state index is 11.7. The molecule has 1 amide bonds. The molecular formula is C10H9NO3S2. The number of hydrogen-bond donors (Lipinski definition) is 1. The zero-order valence-electron chi connectivity index (χ0n) is 8.47. The lowest BCUT2D eigenvalue weighted by atomic mass is 10.3. The van der Waals surface area contributed by atoms with Gasteiger partial charge in [0.1, 0.15) is 22.6 Å². The predicted octanol–water partition coefficient (Wildman–Crippen LogP) is 1.74. The van der Waals surface area contributed by atoms with E-state index in [0.717, 1.165) is 22.4 Å². The maximum absolute atomic E-state index is 11.7. The van der Waals surface area contributed by atoms with E-state index >= 15 is 0 Å². The number of carbonyl (C=O) groups excluding carboxylic acids is 1. The van der Waals surface area contributed by atoms with E-state index in [2.05, 4.69) is 0 Å². The molecule has 0 saturated carbocycles. The zero-order valence-corrected chi connectivity index (χ0v) is 10.1. The summed E-state index contributed by atoms with van der Waals surface area (Å²) in [7, 11) is 0. The molecule has 0 aliphatic carbocycles. The average molecular weight is 255 g/mol. The zero-order chi connectivity index (χ0) is 11.7. The number of hydrogen-bond acceptors (Lipinski definition) is 5. The Morgan fingerprint density at radius 2 is 2.38 bits per heavy atom. The van der Waals surface area contributed by atoms with Crippen molar-refractivity contribution in [1.82, 2.24) is 4.90 Å². The molecule has 0 aromatic carbocycles. The minimum atomic E-state index is -0.390. The van der Waals surface area contributed by atoms with E-state index in [-0.39, 0.29) is 12.6 Å². The Labute approximate surface area is 102 Å². The predicted molar refractivity (Wildman–Crippen MR) is 65.5 cm³/mol. The van der Waals surface area contributed by atoms with Crippen LogP contribution in [0.5, 0.6) is 0 Å². The molecule has 2 rings (SSSR count). The number of thiocarbonyl (C=S) groups is 1. The Hall–Kier alpha value is -1.11. The molecule has 1 aromatic heterocycles. The minimum absolute atomic E-state index is 0.286. The number of aryl methyl sites for hydroxylation is 1. The average Bonchev–Trinajstić information content (AvgIpc) is 2.74. The monoisotopic (exact) mass is 255 g/mol. The molecule has 16 heavy (non-hydrogen) atoms. The molecule has 1 aliphatic rings. The quantitative estimate of drug-likeness (QED) is 0.644. The Morgan fingerprint density at radius 1 is 1.62 bits per heavy atom. The van der Waals surface area contributed by atoms with Gasteiger partial charge in [-0.25, -0.2) is 0 Å². The third-order valence-corrected chi connectivity index (χ3v) is 3.43. The summed E-state index contributed by atoms with van der Waals surface area (Å²) in [6.07, 6.45) is 1.63. The second-order valence-electron chi connectivity index (χ2n) is 3.20. The summed E-state index contributed by atoms with van der Waals surface area (Å²) in [5.41, 5.74) is 0. The van der Waals surface area contributed by atoms with E-state index in [1.165, 1.54) is 0 Å². The number of furan rings is 1. The number of aliphatic hydroxyl groups excluding tert-OH is 1. The van der Waals surface area contributed by atoms with Crippen LogP contribution in [-0.2, 0) is 4.79 Å². The van der Waals surface area contributed by atoms with E-state index in [1.54, 1.807) is 12.1 Å². The number of thioether (sulfide) groups is 1. The SMILES string of the molecule is Cc1ccc(/C=C2\SC(=S)N(CO)C2=O)o1. The van der Waals surface area contributed by atoms with E-state index in [4.69, 9.17) is 21.7 Å². The van der Waals surface area contributed by atoms with Crippen molar-refractivity contribution >= 4 is 40.3 Å². The van der Waals surface area contributed by atoms with Gasteiger partial charge >= 0.3 is 0 Å². The highest BCUT2D eigenvalue weighted by molar-refractivity contribution is 8.26. The topological polar surface area (TPSA) is 53.7 Å². The van der Waals surface area contributed by atoms with Crippen molar-refractivity contribution in [2.75, 3.05) is 6.73 Å². The van der Waals surface area contributed by atoms with Gasteiger partial charge in [-0.15, -0.1) is 0 Å². The third kappa shape index (κ3) is 2.04. The van der Waals surface area contributed by atoms with Crippen molar-refractivity contribution < 1.29 is 14.3 Å². The van der Waals surface area contributed by atoms with Crippen LogP contribution in [0.15, 0.2) is 21.5 Å². The maximum Gasteiger partial charge on any atom is 0.268 e. The summed E-state index contributed by atoms with van der Waals surface area (Å²) in [4.78, 5) is 13.3. The molecule has 1 aromatic rings. The number of rotatable bonds is 2. The molecule has 0 atom stereocenters. The number of amides is 1. The highest BCUT2D eigenvalue weighted by atomic mass is 32.2. The van der Waals surface area contributed by atoms with Gasteiger partial charge in [0.05, 0.1) is 4.91 Å². The van der Waals surface area contributed by atoms with Crippen LogP contribution in [0.2, 0.25) is 0 Å². The third-order valence-electron chi connectivity index (χ3n) is 2.05. The fourth-order valence-corrected chi connectivity index (χ4v) is 2.50. The van der Waals surface area contributed by atoms with Crippen molar-refractivity contribution in [3.05, 3.63) is 28.6 Å². The van der Waals surface area contributed by atoms with Crippen LogP contribution in [0.4, 0.5) is 0 Å². The van der Waals surface area contributed by atoms with Crippen LogP contribution < -0.4 is 0 Å². The van der Waals surface area contributed by atoms with E-state index in [1.807, 2.05) is 13.0 Å². The first-order chi connectivity index (χ1) is 7.61. The van der Waals surface area contributed by atoms with Crippen molar-refractivity contribution in [3.63, 3.8) is 0 Å². The second kappa shape index (κ2) is 4.40. The van der Waals surface area contributed by atoms with E-state index in [0.29, 0.717) is 15.0 Å². The van der Waals surface area contributed by atoms with E-state index in [9.17, 15) is 4.79 Å². The van der Waals surface area contributed by atoms with Gasteiger partial charge in [-0.1, -0.05) is 24.0 Å². The molecule has 0 radical (unpaired) electrons. The van der Waals surface area contributed by atoms with Gasteiger partial charge in [-0.2, -0.15) is 0 Å². The fraction of sp³-hybridized carbons (Fsp3) is 0.200. The Bertz CT molecular complexity index is 478. The van der Waals surface area contributed by atoms with Gasteiger partial charge in [0.25, 0.3) is 5.91 Å². The smallest absolute Gasteiger partial charge is 0.268 e. The van der Waals surface area contributed by atoms with Crippen LogP contribution in [0.25, 0.3) is 6.08 Å². The molecule has 1 aliphatic heterocycles. The Balaban J connectivity index is 2.27. The molecule has 0 spiro atoms. The summed E-state index contributed by atoms with van der Waals surface area (Å²) >= 11 is 6.11.